The van der Waals surface area contributed by atoms with Gasteiger partial charge < -0.3 is 20.1 Å². The van der Waals surface area contributed by atoms with Gasteiger partial charge in [-0.15, -0.1) is 0 Å². The number of carbonyl (C=O) groups excluding carboxylic acids is 1. The molecular formula is C19H23N3O3. The maximum atomic E-state index is 12.2. The van der Waals surface area contributed by atoms with Crippen molar-refractivity contribution in [1.82, 2.24) is 15.6 Å². The minimum atomic E-state index is -0.297. The topological polar surface area (TPSA) is 72.5 Å². The Morgan fingerprint density at radius 3 is 2.88 bits per heavy atom. The largest absolute Gasteiger partial charge is 0.487 e. The molecule has 1 amide bonds. The molecular weight excluding hydrogens is 318 g/mol. The van der Waals surface area contributed by atoms with Crippen LogP contribution in [0.5, 0.6) is 5.75 Å². The molecule has 2 aromatic rings. The second-order valence-electron chi connectivity index (χ2n) is 5.98. The Balaban J connectivity index is 1.46. The number of nitrogens with one attached hydrogen (secondary N) is 2. The molecule has 1 fully saturated rings. The molecule has 25 heavy (non-hydrogen) atoms. The highest BCUT2D eigenvalue weighted by Gasteiger charge is 2.27. The Labute approximate surface area is 147 Å². The summed E-state index contributed by atoms with van der Waals surface area (Å²) in [5.41, 5.74) is 1.90. The second-order valence-corrected chi connectivity index (χ2v) is 5.98. The number of nitrogens with zero attached hydrogens (tertiary/aromatic N) is 1. The van der Waals surface area contributed by atoms with Crippen LogP contribution in [0, 0.1) is 0 Å². The van der Waals surface area contributed by atoms with Crippen LogP contribution >= 0.6 is 0 Å². The number of benzene rings is 1. The summed E-state index contributed by atoms with van der Waals surface area (Å²) in [5, 5.41) is 6.13. The molecule has 0 spiro atoms. The van der Waals surface area contributed by atoms with Crippen molar-refractivity contribution in [1.29, 1.82) is 0 Å². The SMILES string of the molecule is C[C@H]1OCCN[C@@H]1C(=O)NCc1ccc(OCc2ccccn2)cc1. The Bertz CT molecular complexity index is 676. The first-order valence-electron chi connectivity index (χ1n) is 8.47. The zero-order valence-corrected chi connectivity index (χ0v) is 14.3. The fraction of sp³-hybridized carbons (Fsp3) is 0.368. The van der Waals surface area contributed by atoms with Crippen molar-refractivity contribution >= 4 is 5.91 Å². The highest BCUT2D eigenvalue weighted by Crippen LogP contribution is 2.14. The number of carbonyl (C=O) groups is 1. The van der Waals surface area contributed by atoms with Gasteiger partial charge in [-0.2, -0.15) is 0 Å². The van der Waals surface area contributed by atoms with Crippen LogP contribution in [-0.4, -0.2) is 36.2 Å². The molecule has 2 atom stereocenters. The first-order valence-corrected chi connectivity index (χ1v) is 8.47. The quantitative estimate of drug-likeness (QED) is 0.836. The molecule has 2 N–H and O–H groups in total. The van der Waals surface area contributed by atoms with Crippen LogP contribution in [0.4, 0.5) is 0 Å². The summed E-state index contributed by atoms with van der Waals surface area (Å²) in [4.78, 5) is 16.4. The Kier molecular flexibility index (Phi) is 5.98. The minimum Gasteiger partial charge on any atom is -0.487 e. The van der Waals surface area contributed by atoms with Crippen LogP contribution in [0.25, 0.3) is 0 Å². The van der Waals surface area contributed by atoms with E-state index in [4.69, 9.17) is 9.47 Å². The fourth-order valence-electron chi connectivity index (χ4n) is 2.67. The van der Waals surface area contributed by atoms with Gasteiger partial charge in [-0.25, -0.2) is 0 Å². The third-order valence-corrected chi connectivity index (χ3v) is 4.10. The molecule has 0 unspecified atom stereocenters. The third-order valence-electron chi connectivity index (χ3n) is 4.10. The molecule has 2 heterocycles. The number of morpholine rings is 1. The summed E-state index contributed by atoms with van der Waals surface area (Å²) in [6, 6.07) is 13.1. The summed E-state index contributed by atoms with van der Waals surface area (Å²) >= 11 is 0. The van der Waals surface area contributed by atoms with E-state index >= 15 is 0 Å². The number of aromatic nitrogens is 1. The lowest BCUT2D eigenvalue weighted by molar-refractivity contribution is -0.129. The summed E-state index contributed by atoms with van der Waals surface area (Å²) < 4.78 is 11.2. The Morgan fingerprint density at radius 2 is 2.16 bits per heavy atom. The van der Waals surface area contributed by atoms with E-state index < -0.39 is 0 Å². The standard InChI is InChI=1S/C19H23N3O3/c1-14-18(21-10-11-24-14)19(23)22-12-15-5-7-17(8-6-15)25-13-16-4-2-3-9-20-16/h2-9,14,18,21H,10-13H2,1H3,(H,22,23)/t14-,18+/m1/s1. The monoisotopic (exact) mass is 341 g/mol. The molecule has 3 rings (SSSR count). The van der Waals surface area contributed by atoms with Crippen molar-refractivity contribution in [3.8, 4) is 5.75 Å². The van der Waals surface area contributed by atoms with E-state index in [2.05, 4.69) is 15.6 Å². The normalized spacial score (nSPS) is 20.0. The summed E-state index contributed by atoms with van der Waals surface area (Å²) in [6.07, 6.45) is 1.63. The number of hydrogen-bond acceptors (Lipinski definition) is 5. The molecule has 1 aliphatic rings. The van der Waals surface area contributed by atoms with Gasteiger partial charge in [-0.3, -0.25) is 9.78 Å². The molecule has 1 saturated heterocycles. The van der Waals surface area contributed by atoms with E-state index in [0.29, 0.717) is 26.3 Å². The third kappa shape index (κ3) is 5.01. The van der Waals surface area contributed by atoms with Crippen molar-refractivity contribution in [2.75, 3.05) is 13.2 Å². The van der Waals surface area contributed by atoms with Crippen LogP contribution in [0.15, 0.2) is 48.7 Å². The van der Waals surface area contributed by atoms with E-state index in [1.165, 1.54) is 0 Å². The fourth-order valence-corrected chi connectivity index (χ4v) is 2.67. The number of amides is 1. The molecule has 6 nitrogen and oxygen atoms in total. The van der Waals surface area contributed by atoms with Crippen molar-refractivity contribution in [3.63, 3.8) is 0 Å². The van der Waals surface area contributed by atoms with Crippen LogP contribution in [-0.2, 0) is 22.7 Å². The van der Waals surface area contributed by atoms with Crippen molar-refractivity contribution in [3.05, 3.63) is 59.9 Å². The van der Waals surface area contributed by atoms with Gasteiger partial charge in [0.05, 0.1) is 18.4 Å². The summed E-state index contributed by atoms with van der Waals surface area (Å²) in [7, 11) is 0. The first kappa shape index (κ1) is 17.4. The van der Waals surface area contributed by atoms with E-state index in [1.807, 2.05) is 49.4 Å². The smallest absolute Gasteiger partial charge is 0.240 e. The molecule has 1 aromatic carbocycles. The molecule has 0 bridgehead atoms. The van der Waals surface area contributed by atoms with Gasteiger partial charge in [0.15, 0.2) is 0 Å². The van der Waals surface area contributed by atoms with Crippen LogP contribution in [0.3, 0.4) is 0 Å². The lowest BCUT2D eigenvalue weighted by Crippen LogP contribution is -2.55. The molecule has 0 radical (unpaired) electrons. The molecule has 0 aliphatic carbocycles. The van der Waals surface area contributed by atoms with Crippen molar-refractivity contribution in [2.24, 2.45) is 0 Å². The number of pyridine rings is 1. The van der Waals surface area contributed by atoms with Gasteiger partial charge in [-0.05, 0) is 36.8 Å². The average molecular weight is 341 g/mol. The lowest BCUT2D eigenvalue weighted by Gasteiger charge is -2.29. The van der Waals surface area contributed by atoms with Crippen LogP contribution in [0.1, 0.15) is 18.2 Å². The predicted molar refractivity (Wildman–Crippen MR) is 94.1 cm³/mol. The number of hydrogen-bond donors (Lipinski definition) is 2. The van der Waals surface area contributed by atoms with Crippen LogP contribution in [0.2, 0.25) is 0 Å². The van der Waals surface area contributed by atoms with Crippen molar-refractivity contribution in [2.45, 2.75) is 32.2 Å². The van der Waals surface area contributed by atoms with E-state index in [1.54, 1.807) is 6.20 Å². The van der Waals surface area contributed by atoms with Gasteiger partial charge in [0.1, 0.15) is 18.4 Å². The van der Waals surface area contributed by atoms with Crippen LogP contribution < -0.4 is 15.4 Å². The summed E-state index contributed by atoms with van der Waals surface area (Å²) in [5.74, 6) is 0.736. The molecule has 1 aromatic heterocycles. The van der Waals surface area contributed by atoms with Gasteiger partial charge >= 0.3 is 0 Å². The van der Waals surface area contributed by atoms with Gasteiger partial charge in [0.25, 0.3) is 0 Å². The van der Waals surface area contributed by atoms with E-state index in [-0.39, 0.29) is 18.1 Å². The second kappa shape index (κ2) is 8.60. The highest BCUT2D eigenvalue weighted by atomic mass is 16.5. The van der Waals surface area contributed by atoms with Gasteiger partial charge in [0.2, 0.25) is 5.91 Å². The van der Waals surface area contributed by atoms with E-state index in [0.717, 1.165) is 17.0 Å². The Morgan fingerprint density at radius 1 is 1.32 bits per heavy atom. The zero-order valence-electron chi connectivity index (χ0n) is 14.3. The van der Waals surface area contributed by atoms with Gasteiger partial charge in [-0.1, -0.05) is 18.2 Å². The maximum Gasteiger partial charge on any atom is 0.240 e. The zero-order chi connectivity index (χ0) is 17.5. The van der Waals surface area contributed by atoms with Gasteiger partial charge in [0, 0.05) is 19.3 Å². The number of rotatable bonds is 6. The average Bonchev–Trinajstić information content (AvgIpc) is 2.66. The van der Waals surface area contributed by atoms with E-state index in [9.17, 15) is 4.79 Å². The maximum absolute atomic E-state index is 12.2. The Hall–Kier alpha value is -2.44. The predicted octanol–water partition coefficient (Wildman–Crippen LogP) is 1.65. The lowest BCUT2D eigenvalue weighted by atomic mass is 10.1. The molecule has 0 saturated carbocycles. The summed E-state index contributed by atoms with van der Waals surface area (Å²) in [6.45, 7) is 4.16. The minimum absolute atomic E-state index is 0.0392. The highest BCUT2D eigenvalue weighted by molar-refractivity contribution is 5.82. The molecule has 132 valence electrons. The first-order chi connectivity index (χ1) is 12.2. The van der Waals surface area contributed by atoms with Crippen molar-refractivity contribution < 1.29 is 14.3 Å². The number of ether oxygens (including phenoxy) is 2. The molecule has 6 heteroatoms. The molecule has 1 aliphatic heterocycles.